The van der Waals surface area contributed by atoms with E-state index in [0.717, 1.165) is 5.06 Å². The maximum absolute atomic E-state index is 11.2. The zero-order chi connectivity index (χ0) is 11.1. The van der Waals surface area contributed by atoms with Crippen molar-refractivity contribution >= 4 is 18.6 Å². The third-order valence-electron chi connectivity index (χ3n) is 1.65. The molecule has 1 N–H and O–H groups in total. The molecule has 0 fully saturated rings. The summed E-state index contributed by atoms with van der Waals surface area (Å²) < 4.78 is 0. The van der Waals surface area contributed by atoms with Crippen molar-refractivity contribution in [1.29, 1.82) is 5.26 Å². The van der Waals surface area contributed by atoms with E-state index in [1.807, 2.05) is 0 Å². The Kier molecular flexibility index (Phi) is 5.33. The molecule has 0 bridgehead atoms. The topological polar surface area (TPSA) is 90.6 Å². The number of carbonyl (C=O) groups excluding carboxylic acids is 1. The van der Waals surface area contributed by atoms with Gasteiger partial charge >= 0.3 is 0 Å². The van der Waals surface area contributed by atoms with E-state index in [1.54, 1.807) is 5.97 Å². The lowest BCUT2D eigenvalue weighted by molar-refractivity contribution is -0.165. The quantitative estimate of drug-likeness (QED) is 0.481. The van der Waals surface area contributed by atoms with Gasteiger partial charge < -0.3 is 5.11 Å². The number of carboxylic acids is 1. The van der Waals surface area contributed by atoms with Crippen LogP contribution in [0.25, 0.3) is 0 Å². The minimum Gasteiger partial charge on any atom is -0.482 e. The number of carboxylic acid groups (broad SMARTS) is 1. The highest BCUT2D eigenvalue weighted by molar-refractivity contribution is 6.72. The van der Waals surface area contributed by atoms with E-state index in [4.69, 9.17) is 10.4 Å². The number of amides is 1. The van der Waals surface area contributed by atoms with Crippen LogP contribution in [0.15, 0.2) is 0 Å². The van der Waals surface area contributed by atoms with Gasteiger partial charge in [0.25, 0.3) is 12.7 Å². The van der Waals surface area contributed by atoms with Gasteiger partial charge in [-0.3, -0.25) is 14.4 Å². The maximum Gasteiger partial charge on any atom is 0.297 e. The van der Waals surface area contributed by atoms with E-state index in [1.165, 1.54) is 14.2 Å². The molecule has 0 spiro atoms. The lowest BCUT2D eigenvalue weighted by Crippen LogP contribution is -2.30. The van der Waals surface area contributed by atoms with Crippen molar-refractivity contribution < 1.29 is 19.5 Å². The zero-order valence-electron chi connectivity index (χ0n) is 8.06. The van der Waals surface area contributed by atoms with Gasteiger partial charge in [-0.05, 0) is 0 Å². The Morgan fingerprint density at radius 3 is 2.50 bits per heavy atom. The SMILES string of the molecule is CON(C)C(=O)CB(C#N)CC(=O)O. The summed E-state index contributed by atoms with van der Waals surface area (Å²) in [5.74, 6) is 0.250. The fourth-order valence-corrected chi connectivity index (χ4v) is 0.815. The fourth-order valence-electron chi connectivity index (χ4n) is 0.815. The van der Waals surface area contributed by atoms with Gasteiger partial charge in [0.15, 0.2) is 0 Å². The van der Waals surface area contributed by atoms with Crippen molar-refractivity contribution in [1.82, 2.24) is 5.06 Å². The predicted molar refractivity (Wildman–Crippen MR) is 48.4 cm³/mol. The Labute approximate surface area is 82.1 Å². The third kappa shape index (κ3) is 4.47. The standard InChI is InChI=1S/C7H11BN2O4/c1-10(14-2)6(11)3-8(5-9)4-7(12)13/h3-4H2,1-2H3,(H,12,13). The molecular weight excluding hydrogens is 187 g/mol. The molecule has 0 aromatic carbocycles. The van der Waals surface area contributed by atoms with Crippen LogP contribution < -0.4 is 0 Å². The molecule has 0 aliphatic heterocycles. The van der Waals surface area contributed by atoms with Crippen LogP contribution in [0.5, 0.6) is 0 Å². The molecule has 0 saturated heterocycles. The summed E-state index contributed by atoms with van der Waals surface area (Å²) in [6.07, 6.45) is -0.479. The van der Waals surface area contributed by atoms with Crippen LogP contribution in [0.1, 0.15) is 0 Å². The normalized spacial score (nSPS) is 8.93. The summed E-state index contributed by atoms with van der Waals surface area (Å²) in [5, 5.41) is 17.9. The van der Waals surface area contributed by atoms with Crippen molar-refractivity contribution in [3.63, 3.8) is 0 Å². The second-order valence-corrected chi connectivity index (χ2v) is 2.70. The van der Waals surface area contributed by atoms with E-state index in [-0.39, 0.29) is 12.6 Å². The molecule has 6 nitrogen and oxygen atoms in total. The van der Waals surface area contributed by atoms with E-state index in [0.29, 0.717) is 0 Å². The minimum atomic E-state index is -1.09. The van der Waals surface area contributed by atoms with Crippen LogP contribution in [0.2, 0.25) is 12.6 Å². The van der Waals surface area contributed by atoms with Crippen molar-refractivity contribution in [2.24, 2.45) is 0 Å². The first-order valence-corrected chi connectivity index (χ1v) is 3.93. The third-order valence-corrected chi connectivity index (χ3v) is 1.65. The van der Waals surface area contributed by atoms with Gasteiger partial charge in [0.05, 0.1) is 7.11 Å². The fraction of sp³-hybridized carbons (Fsp3) is 0.571. The molecule has 0 saturated carbocycles. The highest BCUT2D eigenvalue weighted by Crippen LogP contribution is 2.02. The Bertz CT molecular complexity index is 263. The van der Waals surface area contributed by atoms with Gasteiger partial charge in [0.2, 0.25) is 5.91 Å². The largest absolute Gasteiger partial charge is 0.482 e. The first-order valence-electron chi connectivity index (χ1n) is 3.93. The lowest BCUT2D eigenvalue weighted by Gasteiger charge is -2.13. The van der Waals surface area contributed by atoms with Crippen molar-refractivity contribution in [2.75, 3.05) is 14.2 Å². The zero-order valence-corrected chi connectivity index (χ0v) is 8.06. The summed E-state index contributed by atoms with van der Waals surface area (Å²) in [6.45, 7) is -0.808. The summed E-state index contributed by atoms with van der Waals surface area (Å²) >= 11 is 0. The molecule has 0 aliphatic carbocycles. The molecule has 14 heavy (non-hydrogen) atoms. The average molecular weight is 198 g/mol. The van der Waals surface area contributed by atoms with Crippen molar-refractivity contribution in [2.45, 2.75) is 12.6 Å². The first-order chi connectivity index (χ1) is 6.51. The number of hydroxylamine groups is 2. The number of aliphatic carboxylic acids is 1. The second kappa shape index (κ2) is 5.99. The molecule has 7 heteroatoms. The molecule has 76 valence electrons. The van der Waals surface area contributed by atoms with Crippen LogP contribution in [0.3, 0.4) is 0 Å². The van der Waals surface area contributed by atoms with Crippen molar-refractivity contribution in [3.05, 3.63) is 0 Å². The van der Waals surface area contributed by atoms with Crippen LogP contribution >= 0.6 is 0 Å². The second-order valence-electron chi connectivity index (χ2n) is 2.70. The Hall–Kier alpha value is -1.55. The van der Waals surface area contributed by atoms with Gasteiger partial charge in [-0.2, -0.15) is 0 Å². The molecular formula is C7H11BN2O4. The summed E-state index contributed by atoms with van der Waals surface area (Å²) in [7, 11) is 2.72. The van der Waals surface area contributed by atoms with Gasteiger partial charge in [-0.15, -0.1) is 0 Å². The van der Waals surface area contributed by atoms with Gasteiger partial charge in [0, 0.05) is 25.7 Å². The minimum absolute atomic E-state index is 0.146. The highest BCUT2D eigenvalue weighted by Gasteiger charge is 2.23. The first kappa shape index (κ1) is 12.5. The van der Waals surface area contributed by atoms with Gasteiger partial charge in [-0.1, -0.05) is 0 Å². The van der Waals surface area contributed by atoms with Gasteiger partial charge in [-0.25, -0.2) is 10.3 Å². The number of carbonyl (C=O) groups is 2. The van der Waals surface area contributed by atoms with Crippen LogP contribution in [0.4, 0.5) is 0 Å². The summed E-state index contributed by atoms with van der Waals surface area (Å²) in [4.78, 5) is 26.1. The van der Waals surface area contributed by atoms with E-state index >= 15 is 0 Å². The molecule has 0 heterocycles. The average Bonchev–Trinajstić information content (AvgIpc) is 2.14. The van der Waals surface area contributed by atoms with Crippen LogP contribution in [0, 0.1) is 11.2 Å². The number of hydrogen-bond acceptors (Lipinski definition) is 4. The highest BCUT2D eigenvalue weighted by atomic mass is 16.7. The Morgan fingerprint density at radius 1 is 1.57 bits per heavy atom. The lowest BCUT2D eigenvalue weighted by atomic mass is 9.46. The molecule has 0 aromatic heterocycles. The van der Waals surface area contributed by atoms with Crippen molar-refractivity contribution in [3.8, 4) is 5.97 Å². The Morgan fingerprint density at radius 2 is 2.14 bits per heavy atom. The predicted octanol–water partition coefficient (Wildman–Crippen LogP) is -0.352. The molecule has 0 aliphatic rings. The van der Waals surface area contributed by atoms with Gasteiger partial charge in [0.1, 0.15) is 0 Å². The number of nitrogens with zero attached hydrogens (tertiary/aromatic N) is 2. The number of rotatable bonds is 5. The molecule has 0 aromatic rings. The molecule has 0 atom stereocenters. The summed E-state index contributed by atoms with van der Waals surface area (Å²) in [6, 6.07) is 0. The van der Waals surface area contributed by atoms with Crippen LogP contribution in [-0.2, 0) is 14.4 Å². The molecule has 0 rings (SSSR count). The van der Waals surface area contributed by atoms with E-state index < -0.39 is 18.6 Å². The molecule has 0 radical (unpaired) electrons. The molecule has 1 amide bonds. The smallest absolute Gasteiger partial charge is 0.297 e. The van der Waals surface area contributed by atoms with Crippen LogP contribution in [-0.4, -0.2) is 42.9 Å². The monoisotopic (exact) mass is 198 g/mol. The van der Waals surface area contributed by atoms with E-state index in [2.05, 4.69) is 4.84 Å². The number of hydrogen-bond donors (Lipinski definition) is 1. The maximum atomic E-state index is 11.2. The molecule has 0 unspecified atom stereocenters. The summed E-state index contributed by atoms with van der Waals surface area (Å²) in [5.41, 5.74) is 0. The number of nitriles is 1. The van der Waals surface area contributed by atoms with E-state index in [9.17, 15) is 9.59 Å². The Balaban J connectivity index is 4.13.